The second-order valence-electron chi connectivity index (χ2n) is 10.3. The van der Waals surface area contributed by atoms with Crippen LogP contribution in [0.1, 0.15) is 61.1 Å². The van der Waals surface area contributed by atoms with Gasteiger partial charge in [0.25, 0.3) is 5.91 Å². The Morgan fingerprint density at radius 1 is 1.10 bits per heavy atom. The first-order chi connectivity index (χ1) is 18.5. The number of benzene rings is 1. The van der Waals surface area contributed by atoms with Crippen molar-refractivity contribution in [3.63, 3.8) is 0 Å². The first-order valence-corrected chi connectivity index (χ1v) is 12.9. The first-order valence-electron chi connectivity index (χ1n) is 12.9. The lowest BCUT2D eigenvalue weighted by Gasteiger charge is -2.36. The number of pyridine rings is 1. The van der Waals surface area contributed by atoms with Crippen molar-refractivity contribution in [2.75, 3.05) is 33.3 Å². The van der Waals surface area contributed by atoms with E-state index in [-0.39, 0.29) is 45.8 Å². The summed E-state index contributed by atoms with van der Waals surface area (Å²) < 4.78 is 51.3. The summed E-state index contributed by atoms with van der Waals surface area (Å²) in [7, 11) is 1.34. The van der Waals surface area contributed by atoms with Crippen molar-refractivity contribution in [1.82, 2.24) is 19.8 Å². The normalized spacial score (nSPS) is 17.8. The zero-order valence-corrected chi connectivity index (χ0v) is 22.0. The quantitative estimate of drug-likeness (QED) is 0.488. The summed E-state index contributed by atoms with van der Waals surface area (Å²) in [5.41, 5.74) is 5.34. The third-order valence-electron chi connectivity index (χ3n) is 7.56. The molecular formula is C27H30F3N5O4. The molecule has 3 heterocycles. The van der Waals surface area contributed by atoms with Crippen molar-refractivity contribution in [2.45, 2.75) is 45.3 Å². The van der Waals surface area contributed by atoms with E-state index in [1.165, 1.54) is 19.2 Å². The molecule has 0 bridgehead atoms. The summed E-state index contributed by atoms with van der Waals surface area (Å²) in [6, 6.07) is 4.61. The molecule has 39 heavy (non-hydrogen) atoms. The van der Waals surface area contributed by atoms with E-state index in [1.54, 1.807) is 15.9 Å². The molecular weight excluding hydrogens is 515 g/mol. The number of piperazine rings is 1. The minimum absolute atomic E-state index is 0.0117. The molecule has 9 nitrogen and oxygen atoms in total. The van der Waals surface area contributed by atoms with Crippen LogP contribution in [0.5, 0.6) is 5.75 Å². The fraction of sp³-hybridized carbons (Fsp3) is 0.481. The lowest BCUT2D eigenvalue weighted by Crippen LogP contribution is -2.52. The largest absolute Gasteiger partial charge is 0.494 e. The second kappa shape index (κ2) is 9.82. The summed E-state index contributed by atoms with van der Waals surface area (Å²) in [6.07, 6.45) is -2.39. The second-order valence-corrected chi connectivity index (χ2v) is 10.3. The zero-order valence-electron chi connectivity index (χ0n) is 22.0. The van der Waals surface area contributed by atoms with Crippen molar-refractivity contribution in [2.24, 2.45) is 11.1 Å². The van der Waals surface area contributed by atoms with Gasteiger partial charge in [-0.15, -0.1) is 0 Å². The van der Waals surface area contributed by atoms with Crippen LogP contribution in [0, 0.1) is 5.41 Å². The molecule has 0 unspecified atom stereocenters. The van der Waals surface area contributed by atoms with Crippen LogP contribution in [0.15, 0.2) is 28.7 Å². The van der Waals surface area contributed by atoms with E-state index in [9.17, 15) is 22.8 Å². The Hall–Kier alpha value is -3.67. The van der Waals surface area contributed by atoms with Gasteiger partial charge in [0.05, 0.1) is 13.2 Å². The number of alkyl halides is 3. The standard InChI is InChI=1S/C27H30F3N5O4/c1-4-17(31)22-21(24(36)34-11-13-35(14-12-34)25(37)26(2)9-10-26)33-23(39-22)16-5-7-18(38-3)20-15(16)6-8-19(32-20)27(28,29)30/h5-8,17H,4,9-14,31H2,1-3H3/t17-/m0/s1. The van der Waals surface area contributed by atoms with Gasteiger partial charge in [0.15, 0.2) is 11.5 Å². The van der Waals surface area contributed by atoms with Crippen LogP contribution in [0.25, 0.3) is 22.4 Å². The number of nitrogens with two attached hydrogens (primary N) is 1. The Bertz CT molecular complexity index is 1420. The number of oxazole rings is 1. The van der Waals surface area contributed by atoms with Crippen LogP contribution < -0.4 is 10.5 Å². The van der Waals surface area contributed by atoms with Gasteiger partial charge in [-0.3, -0.25) is 9.59 Å². The molecule has 1 saturated carbocycles. The number of methoxy groups -OCH3 is 1. The summed E-state index contributed by atoms with van der Waals surface area (Å²) >= 11 is 0. The highest BCUT2D eigenvalue weighted by molar-refractivity contribution is 5.98. The molecule has 2 fully saturated rings. The van der Waals surface area contributed by atoms with Crippen molar-refractivity contribution in [1.29, 1.82) is 0 Å². The van der Waals surface area contributed by atoms with Gasteiger partial charge in [-0.2, -0.15) is 13.2 Å². The van der Waals surface area contributed by atoms with Crippen LogP contribution in [0.3, 0.4) is 0 Å². The maximum Gasteiger partial charge on any atom is 0.433 e. The Labute approximate surface area is 223 Å². The molecule has 12 heteroatoms. The Morgan fingerprint density at radius 2 is 1.77 bits per heavy atom. The van der Waals surface area contributed by atoms with Gasteiger partial charge in [0.1, 0.15) is 17.0 Å². The van der Waals surface area contributed by atoms with Crippen LogP contribution in [0.4, 0.5) is 13.2 Å². The number of aromatic nitrogens is 2. The highest BCUT2D eigenvalue weighted by Gasteiger charge is 2.47. The van der Waals surface area contributed by atoms with Gasteiger partial charge in [-0.1, -0.05) is 13.8 Å². The lowest BCUT2D eigenvalue weighted by atomic mass is 10.1. The van der Waals surface area contributed by atoms with Crippen molar-refractivity contribution in [3.8, 4) is 17.2 Å². The lowest BCUT2D eigenvalue weighted by molar-refractivity contribution is -0.141. The number of hydrogen-bond donors (Lipinski definition) is 1. The molecule has 2 aliphatic rings. The van der Waals surface area contributed by atoms with Gasteiger partial charge in [-0.25, -0.2) is 9.97 Å². The fourth-order valence-electron chi connectivity index (χ4n) is 4.78. The molecule has 1 aliphatic carbocycles. The number of ether oxygens (including phenoxy) is 1. The topological polar surface area (TPSA) is 115 Å². The predicted molar refractivity (Wildman–Crippen MR) is 136 cm³/mol. The molecule has 1 aromatic carbocycles. The van der Waals surface area contributed by atoms with Crippen molar-refractivity contribution < 1.29 is 31.9 Å². The number of rotatable bonds is 6. The summed E-state index contributed by atoms with van der Waals surface area (Å²) in [4.78, 5) is 38.0. The van der Waals surface area contributed by atoms with Gasteiger partial charge >= 0.3 is 6.18 Å². The molecule has 1 aliphatic heterocycles. The Balaban J connectivity index is 1.48. The minimum atomic E-state index is -4.64. The van der Waals surface area contributed by atoms with Crippen LogP contribution in [-0.4, -0.2) is 64.9 Å². The van der Waals surface area contributed by atoms with Crippen LogP contribution in [0.2, 0.25) is 0 Å². The minimum Gasteiger partial charge on any atom is -0.494 e. The highest BCUT2D eigenvalue weighted by Crippen LogP contribution is 2.46. The Morgan fingerprint density at radius 3 is 2.36 bits per heavy atom. The molecule has 2 N–H and O–H groups in total. The van der Waals surface area contributed by atoms with E-state index in [2.05, 4.69) is 9.97 Å². The molecule has 2 amide bonds. The highest BCUT2D eigenvalue weighted by atomic mass is 19.4. The summed E-state index contributed by atoms with van der Waals surface area (Å²) in [5.74, 6) is 0.151. The van der Waals surface area contributed by atoms with E-state index in [4.69, 9.17) is 14.9 Å². The van der Waals surface area contributed by atoms with E-state index in [0.29, 0.717) is 43.5 Å². The van der Waals surface area contributed by atoms with Crippen molar-refractivity contribution >= 4 is 22.7 Å². The third-order valence-corrected chi connectivity index (χ3v) is 7.56. The van der Waals surface area contributed by atoms with Gasteiger partial charge in [0.2, 0.25) is 11.8 Å². The number of carbonyl (C=O) groups is 2. The maximum absolute atomic E-state index is 13.6. The maximum atomic E-state index is 13.6. The molecule has 2 aromatic heterocycles. The van der Waals surface area contributed by atoms with Crippen LogP contribution in [-0.2, 0) is 11.0 Å². The molecule has 0 radical (unpaired) electrons. The van der Waals surface area contributed by atoms with E-state index >= 15 is 0 Å². The average molecular weight is 546 g/mol. The zero-order chi connectivity index (χ0) is 28.1. The predicted octanol–water partition coefficient (Wildman–Crippen LogP) is 4.41. The third kappa shape index (κ3) is 4.93. The average Bonchev–Trinajstić information content (AvgIpc) is 3.54. The van der Waals surface area contributed by atoms with Gasteiger partial charge in [-0.05, 0) is 43.5 Å². The number of halogens is 3. The van der Waals surface area contributed by atoms with Crippen molar-refractivity contribution in [3.05, 3.63) is 41.4 Å². The molecule has 1 atom stereocenters. The smallest absolute Gasteiger partial charge is 0.433 e. The molecule has 1 saturated heterocycles. The molecule has 208 valence electrons. The summed E-state index contributed by atoms with van der Waals surface area (Å²) in [5, 5.41) is 0.319. The molecule has 0 spiro atoms. The van der Waals surface area contributed by atoms with Crippen LogP contribution >= 0.6 is 0 Å². The summed E-state index contributed by atoms with van der Waals surface area (Å²) in [6.45, 7) is 5.35. The van der Waals surface area contributed by atoms with E-state index in [1.807, 2.05) is 13.8 Å². The Kier molecular flexibility index (Phi) is 6.78. The molecule has 5 rings (SSSR count). The fourth-order valence-corrected chi connectivity index (χ4v) is 4.78. The van der Waals surface area contributed by atoms with E-state index in [0.717, 1.165) is 18.9 Å². The number of fused-ring (bicyclic) bond motifs is 1. The first kappa shape index (κ1) is 26.9. The van der Waals surface area contributed by atoms with Gasteiger partial charge in [0, 0.05) is 42.5 Å². The monoisotopic (exact) mass is 545 g/mol. The number of hydrogen-bond acceptors (Lipinski definition) is 7. The van der Waals surface area contributed by atoms with E-state index < -0.39 is 17.9 Å². The number of nitrogens with zero attached hydrogens (tertiary/aromatic N) is 4. The molecule has 3 aromatic rings. The number of carbonyl (C=O) groups excluding carboxylic acids is 2. The SMILES string of the molecule is CC[C@H](N)c1oc(-c2ccc(OC)c3nc(C(F)(F)F)ccc23)nc1C(=O)N1CCN(C(=O)C2(C)CC2)CC1. The van der Waals surface area contributed by atoms with Gasteiger partial charge < -0.3 is 24.7 Å². The number of amides is 2.